The fourth-order valence-corrected chi connectivity index (χ4v) is 6.06. The lowest BCUT2D eigenvalue weighted by Crippen LogP contribution is -2.67. The summed E-state index contributed by atoms with van der Waals surface area (Å²) < 4.78 is 11.9. The van der Waals surface area contributed by atoms with Gasteiger partial charge in [0.15, 0.2) is 23.4 Å². The summed E-state index contributed by atoms with van der Waals surface area (Å²) in [4.78, 5) is 12.9. The summed E-state index contributed by atoms with van der Waals surface area (Å²) in [6.45, 7) is 3.20. The summed E-state index contributed by atoms with van der Waals surface area (Å²) in [5.74, 6) is 2.89. The molecule has 2 aliphatic carbocycles. The smallest absolute Gasteiger partial charge is 0.174 e. The Morgan fingerprint density at radius 2 is 2.21 bits per heavy atom. The van der Waals surface area contributed by atoms with E-state index >= 15 is 0 Å². The molecule has 1 aromatic carbocycles. The van der Waals surface area contributed by atoms with E-state index in [1.54, 1.807) is 7.11 Å². The van der Waals surface area contributed by atoms with Gasteiger partial charge in [-0.05, 0) is 42.9 Å². The summed E-state index contributed by atoms with van der Waals surface area (Å²) in [5, 5.41) is 3.74. The van der Waals surface area contributed by atoms with Crippen molar-refractivity contribution in [2.75, 3.05) is 13.7 Å². The standard InChI is InChI=1S/C19H23NO3.ClH/c1-3-10-9-13(21)18-19-6-7-20-12(15(10)19)8-11-4-5-14(22-2)17(23-18)16(11)19;/h4-5,10,12,15,18,20H,3,6-9H2,1-2H3;1H/t10-,12+,15-,18-,19-;/m0./s1. The van der Waals surface area contributed by atoms with Crippen LogP contribution in [-0.2, 0) is 16.6 Å². The molecule has 130 valence electrons. The first kappa shape index (κ1) is 16.2. The zero-order chi connectivity index (χ0) is 15.8. The first-order chi connectivity index (χ1) is 11.2. The monoisotopic (exact) mass is 349 g/mol. The highest BCUT2D eigenvalue weighted by Gasteiger charge is 2.66. The van der Waals surface area contributed by atoms with Crippen molar-refractivity contribution in [3.8, 4) is 11.5 Å². The first-order valence-electron chi connectivity index (χ1n) is 8.83. The molecule has 2 aliphatic heterocycles. The highest BCUT2D eigenvalue weighted by molar-refractivity contribution is 5.89. The van der Waals surface area contributed by atoms with Crippen LogP contribution >= 0.6 is 12.4 Å². The second-order valence-corrected chi connectivity index (χ2v) is 7.55. The molecule has 0 radical (unpaired) electrons. The zero-order valence-corrected chi connectivity index (χ0v) is 14.9. The van der Waals surface area contributed by atoms with Crippen molar-refractivity contribution >= 4 is 18.2 Å². The Labute approximate surface area is 148 Å². The van der Waals surface area contributed by atoms with E-state index in [4.69, 9.17) is 9.47 Å². The van der Waals surface area contributed by atoms with E-state index in [2.05, 4.69) is 18.3 Å². The van der Waals surface area contributed by atoms with E-state index in [1.165, 1.54) is 11.1 Å². The Morgan fingerprint density at radius 1 is 1.38 bits per heavy atom. The van der Waals surface area contributed by atoms with E-state index in [9.17, 15) is 4.79 Å². The molecular formula is C19H24ClNO3. The maximum Gasteiger partial charge on any atom is 0.174 e. The third-order valence-electron chi connectivity index (χ3n) is 6.80. The normalized spacial score (nSPS) is 38.0. The van der Waals surface area contributed by atoms with Crippen molar-refractivity contribution in [2.45, 2.75) is 50.2 Å². The molecule has 0 aromatic heterocycles. The lowest BCUT2D eigenvalue weighted by molar-refractivity contribution is -0.139. The topological polar surface area (TPSA) is 47.6 Å². The quantitative estimate of drug-likeness (QED) is 0.891. The van der Waals surface area contributed by atoms with Gasteiger partial charge in [-0.3, -0.25) is 4.79 Å². The number of carbonyl (C=O) groups excluding carboxylic acids is 1. The number of ketones is 1. The SMILES string of the molecule is CC[C@H]1CC(=O)[C@@H]2Oc3c(OC)ccc4c3[C@@]23CCN[C@H](C4)[C@H]13.Cl. The maximum absolute atomic E-state index is 12.9. The van der Waals surface area contributed by atoms with Crippen LogP contribution in [0.2, 0.25) is 0 Å². The number of hydrogen-bond acceptors (Lipinski definition) is 4. The predicted octanol–water partition coefficient (Wildman–Crippen LogP) is 2.65. The Morgan fingerprint density at radius 3 is 2.96 bits per heavy atom. The summed E-state index contributed by atoms with van der Waals surface area (Å²) >= 11 is 0. The highest BCUT2D eigenvalue weighted by atomic mass is 35.5. The highest BCUT2D eigenvalue weighted by Crippen LogP contribution is 2.63. The molecule has 1 aromatic rings. The van der Waals surface area contributed by atoms with Gasteiger partial charge < -0.3 is 14.8 Å². The second kappa shape index (κ2) is 5.37. The van der Waals surface area contributed by atoms with Gasteiger partial charge in [-0.25, -0.2) is 0 Å². The Bertz CT molecular complexity index is 706. The van der Waals surface area contributed by atoms with Crippen LogP contribution < -0.4 is 14.8 Å². The van der Waals surface area contributed by atoms with Crippen LogP contribution in [0, 0.1) is 11.8 Å². The molecule has 24 heavy (non-hydrogen) atoms. The predicted molar refractivity (Wildman–Crippen MR) is 93.3 cm³/mol. The molecule has 1 saturated heterocycles. The van der Waals surface area contributed by atoms with Gasteiger partial charge in [0, 0.05) is 23.4 Å². The molecular weight excluding hydrogens is 326 g/mol. The van der Waals surface area contributed by atoms with Gasteiger partial charge in [0.05, 0.1) is 7.11 Å². The van der Waals surface area contributed by atoms with Crippen LogP contribution in [0.1, 0.15) is 37.3 Å². The molecule has 4 aliphatic rings. The molecule has 1 saturated carbocycles. The number of halogens is 1. The third-order valence-corrected chi connectivity index (χ3v) is 6.80. The molecule has 1 spiro atoms. The Balaban J connectivity index is 0.00000146. The molecule has 5 heteroatoms. The minimum absolute atomic E-state index is 0. The van der Waals surface area contributed by atoms with Crippen LogP contribution in [-0.4, -0.2) is 31.6 Å². The fourth-order valence-electron chi connectivity index (χ4n) is 6.06. The number of piperidine rings is 1. The molecule has 5 rings (SSSR count). The van der Waals surface area contributed by atoms with Crippen LogP contribution in [0.3, 0.4) is 0 Å². The molecule has 4 nitrogen and oxygen atoms in total. The number of nitrogens with one attached hydrogen (secondary N) is 1. The van der Waals surface area contributed by atoms with Crippen molar-refractivity contribution in [2.24, 2.45) is 11.8 Å². The molecule has 0 amide bonds. The summed E-state index contributed by atoms with van der Waals surface area (Å²) in [6.07, 6.45) is 3.47. The van der Waals surface area contributed by atoms with Crippen molar-refractivity contribution in [3.05, 3.63) is 23.3 Å². The Hall–Kier alpha value is -1.26. The molecule has 0 unspecified atom stereocenters. The minimum Gasteiger partial charge on any atom is -0.493 e. The number of methoxy groups -OCH3 is 1. The molecule has 1 N–H and O–H groups in total. The molecule has 2 heterocycles. The summed E-state index contributed by atoms with van der Waals surface area (Å²) in [6, 6.07) is 4.65. The van der Waals surface area contributed by atoms with Crippen LogP contribution in [0.5, 0.6) is 11.5 Å². The third kappa shape index (κ3) is 1.71. The van der Waals surface area contributed by atoms with E-state index in [1.807, 2.05) is 6.07 Å². The molecule has 2 fully saturated rings. The van der Waals surface area contributed by atoms with Gasteiger partial charge >= 0.3 is 0 Å². The lowest BCUT2D eigenvalue weighted by atomic mass is 9.49. The molecule has 5 atom stereocenters. The summed E-state index contributed by atoms with van der Waals surface area (Å²) in [5.41, 5.74) is 2.53. The largest absolute Gasteiger partial charge is 0.493 e. The van der Waals surface area contributed by atoms with Gasteiger partial charge in [-0.1, -0.05) is 19.4 Å². The number of benzene rings is 1. The number of Topliss-reactive ketones (excluding diaryl/α,β-unsaturated/α-hetero) is 1. The van der Waals surface area contributed by atoms with E-state index in [-0.39, 0.29) is 23.9 Å². The van der Waals surface area contributed by atoms with Crippen LogP contribution in [0.15, 0.2) is 12.1 Å². The lowest BCUT2D eigenvalue weighted by Gasteiger charge is -2.57. The van der Waals surface area contributed by atoms with Crippen LogP contribution in [0.4, 0.5) is 0 Å². The molecule has 2 bridgehead atoms. The average molecular weight is 350 g/mol. The number of rotatable bonds is 2. The first-order valence-corrected chi connectivity index (χ1v) is 8.83. The minimum atomic E-state index is -0.301. The number of carbonyl (C=O) groups is 1. The fraction of sp³-hybridized carbons (Fsp3) is 0.632. The average Bonchev–Trinajstić information content (AvgIpc) is 2.90. The van der Waals surface area contributed by atoms with Gasteiger partial charge in [-0.15, -0.1) is 12.4 Å². The van der Waals surface area contributed by atoms with E-state index < -0.39 is 0 Å². The van der Waals surface area contributed by atoms with E-state index in [0.717, 1.165) is 37.3 Å². The van der Waals surface area contributed by atoms with Crippen molar-refractivity contribution in [3.63, 3.8) is 0 Å². The second-order valence-electron chi connectivity index (χ2n) is 7.55. The van der Waals surface area contributed by atoms with Gasteiger partial charge in [-0.2, -0.15) is 0 Å². The van der Waals surface area contributed by atoms with Gasteiger partial charge in [0.25, 0.3) is 0 Å². The Kier molecular flexibility index (Phi) is 3.63. The van der Waals surface area contributed by atoms with Crippen LogP contribution in [0.25, 0.3) is 0 Å². The van der Waals surface area contributed by atoms with Crippen molar-refractivity contribution < 1.29 is 14.3 Å². The van der Waals surface area contributed by atoms with Crippen molar-refractivity contribution in [1.29, 1.82) is 0 Å². The zero-order valence-electron chi connectivity index (χ0n) is 14.1. The maximum atomic E-state index is 12.9. The number of ether oxygens (including phenoxy) is 2. The van der Waals surface area contributed by atoms with E-state index in [0.29, 0.717) is 30.1 Å². The number of hydrogen-bond donors (Lipinski definition) is 1. The summed E-state index contributed by atoms with van der Waals surface area (Å²) in [7, 11) is 1.68. The van der Waals surface area contributed by atoms with Gasteiger partial charge in [0.1, 0.15) is 0 Å². The van der Waals surface area contributed by atoms with Crippen molar-refractivity contribution in [1.82, 2.24) is 5.32 Å². The van der Waals surface area contributed by atoms with Gasteiger partial charge in [0.2, 0.25) is 0 Å².